The van der Waals surface area contributed by atoms with Gasteiger partial charge in [-0.05, 0) is 49.2 Å². The second-order valence-electron chi connectivity index (χ2n) is 8.90. The van der Waals surface area contributed by atoms with E-state index in [1.807, 2.05) is 6.07 Å². The molecule has 3 aromatic rings. The molecule has 4 rings (SSSR count). The Hall–Kier alpha value is -4.32. The summed E-state index contributed by atoms with van der Waals surface area (Å²) in [5.74, 6) is 4.85. The SMILES string of the molecule is COC1CCN(CCCOc2ccc(-c3ncc(C(F)(F)F)[nH]3)cc2NC(=O)C#Cc2cccc(C#N)c2)C1. The van der Waals surface area contributed by atoms with Gasteiger partial charge in [0.1, 0.15) is 17.3 Å². The van der Waals surface area contributed by atoms with Crippen LogP contribution >= 0.6 is 0 Å². The van der Waals surface area contributed by atoms with Crippen molar-refractivity contribution in [2.75, 3.05) is 38.7 Å². The van der Waals surface area contributed by atoms with Gasteiger partial charge < -0.3 is 24.7 Å². The first-order valence-electron chi connectivity index (χ1n) is 12.2. The fraction of sp³-hybridized carbons (Fsp3) is 0.321. The summed E-state index contributed by atoms with van der Waals surface area (Å²) in [4.78, 5) is 21.0. The summed E-state index contributed by atoms with van der Waals surface area (Å²) in [6.45, 7) is 3.00. The zero-order chi connectivity index (χ0) is 27.8. The summed E-state index contributed by atoms with van der Waals surface area (Å²) < 4.78 is 50.4. The number of anilines is 1. The molecule has 1 saturated heterocycles. The number of aromatic nitrogens is 2. The standard InChI is InChI=1S/C28H26F3N5O3/c1-38-22-10-12-36(18-22)11-3-13-39-24-8-7-21(27-33-17-25(35-27)28(29,30)31)15-23(24)34-26(37)9-6-19-4-2-5-20(14-19)16-32/h2,4-5,7-8,14-15,17,22H,3,10-13,18H2,1H3,(H,33,35)(H,34,37). The molecule has 1 aliphatic heterocycles. The van der Waals surface area contributed by atoms with Crippen LogP contribution in [0.15, 0.2) is 48.7 Å². The van der Waals surface area contributed by atoms with Crippen molar-refractivity contribution in [2.45, 2.75) is 25.1 Å². The van der Waals surface area contributed by atoms with E-state index in [4.69, 9.17) is 14.7 Å². The molecule has 1 fully saturated rings. The molecule has 0 aliphatic carbocycles. The number of imidazole rings is 1. The number of hydrogen-bond acceptors (Lipinski definition) is 6. The summed E-state index contributed by atoms with van der Waals surface area (Å²) in [5.41, 5.74) is 0.483. The number of aromatic amines is 1. The average molecular weight is 538 g/mol. The molecule has 1 atom stereocenters. The molecule has 202 valence electrons. The molecule has 1 unspecified atom stereocenters. The van der Waals surface area contributed by atoms with Crippen LogP contribution in [0.4, 0.5) is 18.9 Å². The minimum Gasteiger partial charge on any atom is -0.491 e. The summed E-state index contributed by atoms with van der Waals surface area (Å²) >= 11 is 0. The lowest BCUT2D eigenvalue weighted by atomic mass is 10.1. The molecule has 0 saturated carbocycles. The van der Waals surface area contributed by atoms with Crippen molar-refractivity contribution in [2.24, 2.45) is 0 Å². The number of ether oxygens (including phenoxy) is 2. The number of nitrogens with one attached hydrogen (secondary N) is 2. The van der Waals surface area contributed by atoms with E-state index in [9.17, 15) is 18.0 Å². The maximum absolute atomic E-state index is 13.0. The Balaban J connectivity index is 1.49. The Kier molecular flexibility index (Phi) is 8.87. The molecule has 0 bridgehead atoms. The van der Waals surface area contributed by atoms with Gasteiger partial charge in [0.15, 0.2) is 0 Å². The Bertz CT molecular complexity index is 1420. The van der Waals surface area contributed by atoms with E-state index in [1.54, 1.807) is 43.5 Å². The summed E-state index contributed by atoms with van der Waals surface area (Å²) in [6.07, 6.45) is -1.90. The van der Waals surface area contributed by atoms with Crippen LogP contribution in [-0.4, -0.2) is 60.2 Å². The van der Waals surface area contributed by atoms with E-state index in [0.29, 0.717) is 35.2 Å². The Morgan fingerprint density at radius 3 is 2.79 bits per heavy atom. The number of halogens is 3. The number of likely N-dealkylation sites (tertiary alicyclic amines) is 1. The number of rotatable bonds is 8. The van der Waals surface area contributed by atoms with Crippen LogP contribution in [0.25, 0.3) is 11.4 Å². The highest BCUT2D eigenvalue weighted by Gasteiger charge is 2.33. The van der Waals surface area contributed by atoms with E-state index >= 15 is 0 Å². The zero-order valence-corrected chi connectivity index (χ0v) is 21.1. The van der Waals surface area contributed by atoms with E-state index < -0.39 is 17.8 Å². The maximum atomic E-state index is 13.0. The molecule has 1 aliphatic rings. The van der Waals surface area contributed by atoms with Gasteiger partial charge in [0.2, 0.25) is 0 Å². The molecular weight excluding hydrogens is 511 g/mol. The molecule has 1 aromatic heterocycles. The molecule has 0 spiro atoms. The molecule has 39 heavy (non-hydrogen) atoms. The van der Waals surface area contributed by atoms with Gasteiger partial charge in [0.05, 0.1) is 36.2 Å². The predicted molar refractivity (Wildman–Crippen MR) is 138 cm³/mol. The average Bonchev–Trinajstić information content (AvgIpc) is 3.61. The molecule has 8 nitrogen and oxygen atoms in total. The lowest BCUT2D eigenvalue weighted by Crippen LogP contribution is -2.25. The largest absolute Gasteiger partial charge is 0.491 e. The third-order valence-electron chi connectivity index (χ3n) is 6.13. The van der Waals surface area contributed by atoms with Crippen LogP contribution in [-0.2, 0) is 15.7 Å². The van der Waals surface area contributed by atoms with Crippen molar-refractivity contribution in [3.8, 4) is 35.0 Å². The third kappa shape index (κ3) is 7.60. The van der Waals surface area contributed by atoms with Crippen LogP contribution < -0.4 is 10.1 Å². The van der Waals surface area contributed by atoms with E-state index in [0.717, 1.165) is 32.5 Å². The maximum Gasteiger partial charge on any atom is 0.432 e. The summed E-state index contributed by atoms with van der Waals surface area (Å²) in [6, 6.07) is 13.1. The van der Waals surface area contributed by atoms with Gasteiger partial charge in [-0.3, -0.25) is 4.79 Å². The van der Waals surface area contributed by atoms with Crippen molar-refractivity contribution in [1.29, 1.82) is 5.26 Å². The molecule has 2 N–H and O–H groups in total. The van der Waals surface area contributed by atoms with Gasteiger partial charge in [0.25, 0.3) is 0 Å². The highest BCUT2D eigenvalue weighted by atomic mass is 19.4. The van der Waals surface area contributed by atoms with Crippen molar-refractivity contribution in [3.05, 3.63) is 65.5 Å². The van der Waals surface area contributed by atoms with Gasteiger partial charge in [-0.15, -0.1) is 0 Å². The second kappa shape index (κ2) is 12.5. The normalized spacial score (nSPS) is 15.3. The highest BCUT2D eigenvalue weighted by molar-refractivity contribution is 6.05. The van der Waals surface area contributed by atoms with Crippen LogP contribution in [0.3, 0.4) is 0 Å². The van der Waals surface area contributed by atoms with Gasteiger partial charge in [-0.2, -0.15) is 18.4 Å². The lowest BCUT2D eigenvalue weighted by molar-refractivity contribution is -0.140. The van der Waals surface area contributed by atoms with Crippen molar-refractivity contribution in [1.82, 2.24) is 14.9 Å². The Morgan fingerprint density at radius 2 is 2.08 bits per heavy atom. The number of amides is 1. The number of nitrogens with zero attached hydrogens (tertiary/aromatic N) is 3. The fourth-order valence-corrected chi connectivity index (χ4v) is 4.12. The molecule has 11 heteroatoms. The van der Waals surface area contributed by atoms with Crippen molar-refractivity contribution < 1.29 is 27.4 Å². The van der Waals surface area contributed by atoms with Gasteiger partial charge in [-0.1, -0.05) is 12.0 Å². The molecule has 0 radical (unpaired) electrons. The van der Waals surface area contributed by atoms with Crippen LogP contribution in [0.5, 0.6) is 5.75 Å². The Labute approximate surface area is 223 Å². The minimum atomic E-state index is -4.57. The molecule has 1 amide bonds. The number of nitriles is 1. The van der Waals surface area contributed by atoms with Crippen molar-refractivity contribution >= 4 is 11.6 Å². The number of H-pyrrole nitrogens is 1. The first kappa shape index (κ1) is 27.7. The Morgan fingerprint density at radius 1 is 1.26 bits per heavy atom. The zero-order valence-electron chi connectivity index (χ0n) is 21.1. The molecular formula is C28H26F3N5O3. The molecule has 2 heterocycles. The highest BCUT2D eigenvalue weighted by Crippen LogP contribution is 2.33. The fourth-order valence-electron chi connectivity index (χ4n) is 4.12. The van der Waals surface area contributed by atoms with Gasteiger partial charge in [0, 0.05) is 43.8 Å². The van der Waals surface area contributed by atoms with Crippen molar-refractivity contribution in [3.63, 3.8) is 0 Å². The first-order valence-corrected chi connectivity index (χ1v) is 12.2. The quantitative estimate of drug-likeness (QED) is 0.325. The summed E-state index contributed by atoms with van der Waals surface area (Å²) in [5, 5.41) is 11.7. The van der Waals surface area contributed by atoms with E-state index in [1.165, 1.54) is 6.07 Å². The minimum absolute atomic E-state index is 0.00879. The number of benzene rings is 2. The van der Waals surface area contributed by atoms with Crippen LogP contribution in [0.2, 0.25) is 0 Å². The topological polar surface area (TPSA) is 103 Å². The lowest BCUT2D eigenvalue weighted by Gasteiger charge is -2.17. The van der Waals surface area contributed by atoms with E-state index in [2.05, 4.69) is 32.0 Å². The first-order chi connectivity index (χ1) is 18.7. The molecule has 2 aromatic carbocycles. The third-order valence-corrected chi connectivity index (χ3v) is 6.13. The van der Waals surface area contributed by atoms with Gasteiger partial charge >= 0.3 is 12.1 Å². The smallest absolute Gasteiger partial charge is 0.432 e. The van der Waals surface area contributed by atoms with Gasteiger partial charge in [-0.25, -0.2) is 4.98 Å². The summed E-state index contributed by atoms with van der Waals surface area (Å²) in [7, 11) is 1.71. The number of hydrogen-bond donors (Lipinski definition) is 2. The number of methoxy groups -OCH3 is 1. The van der Waals surface area contributed by atoms with Crippen LogP contribution in [0, 0.1) is 23.2 Å². The van der Waals surface area contributed by atoms with E-state index in [-0.39, 0.29) is 17.6 Å². The monoisotopic (exact) mass is 537 g/mol. The van der Waals surface area contributed by atoms with Crippen LogP contribution in [0.1, 0.15) is 29.7 Å². The second-order valence-corrected chi connectivity index (χ2v) is 8.90. The number of carbonyl (C=O) groups excluding carboxylic acids is 1. The number of carbonyl (C=O) groups is 1. The predicted octanol–water partition coefficient (Wildman–Crippen LogP) is 4.45. The number of alkyl halides is 3.